The maximum Gasteiger partial charge on any atom is 0.222 e. The number of nitrogens with one attached hydrogen (secondary N) is 1. The Morgan fingerprint density at radius 1 is 1.25 bits per heavy atom. The van der Waals surface area contributed by atoms with Crippen molar-refractivity contribution in [3.63, 3.8) is 0 Å². The Labute approximate surface area is 142 Å². The molecule has 2 saturated heterocycles. The fourth-order valence-electron chi connectivity index (χ4n) is 3.89. The second kappa shape index (κ2) is 6.06. The average Bonchev–Trinajstić information content (AvgIpc) is 2.76. The van der Waals surface area contributed by atoms with Crippen LogP contribution in [-0.2, 0) is 9.53 Å². The predicted molar refractivity (Wildman–Crippen MR) is 94.2 cm³/mol. The molecule has 2 fully saturated rings. The van der Waals surface area contributed by atoms with Gasteiger partial charge in [-0.25, -0.2) is 0 Å². The molecule has 0 saturated carbocycles. The third-order valence-electron chi connectivity index (χ3n) is 5.15. The molecule has 3 heterocycles. The Morgan fingerprint density at radius 2 is 2.04 bits per heavy atom. The Morgan fingerprint density at radius 3 is 2.88 bits per heavy atom. The number of piperidine rings is 1. The Kier molecular flexibility index (Phi) is 3.88. The number of carbonyl (C=O) groups excluding carboxylic acids is 1. The van der Waals surface area contributed by atoms with E-state index < -0.39 is 0 Å². The second-order valence-corrected chi connectivity index (χ2v) is 6.85. The zero-order valence-electron chi connectivity index (χ0n) is 14.0. The summed E-state index contributed by atoms with van der Waals surface area (Å²) in [6.45, 7) is 5.09. The number of pyridine rings is 1. The number of fused-ring (bicyclic) bond motifs is 1. The van der Waals surface area contributed by atoms with E-state index >= 15 is 0 Å². The summed E-state index contributed by atoms with van der Waals surface area (Å²) in [6, 6.07) is 10.5. The summed E-state index contributed by atoms with van der Waals surface area (Å²) in [7, 11) is 0. The van der Waals surface area contributed by atoms with Gasteiger partial charge in [0.25, 0.3) is 0 Å². The van der Waals surface area contributed by atoms with Crippen LogP contribution in [0.5, 0.6) is 0 Å². The van der Waals surface area contributed by atoms with Crippen molar-refractivity contribution in [1.82, 2.24) is 10.3 Å². The molecule has 1 aromatic carbocycles. The fourth-order valence-corrected chi connectivity index (χ4v) is 3.89. The first kappa shape index (κ1) is 15.4. The van der Waals surface area contributed by atoms with Gasteiger partial charge < -0.3 is 15.0 Å². The van der Waals surface area contributed by atoms with Crippen LogP contribution < -0.4 is 10.2 Å². The zero-order chi connectivity index (χ0) is 16.6. The van der Waals surface area contributed by atoms with Gasteiger partial charge in [0.1, 0.15) is 0 Å². The van der Waals surface area contributed by atoms with Gasteiger partial charge in [0.2, 0.25) is 5.91 Å². The standard InChI is InChI=1S/C19H23N3O2/c1-14-12-17(15-4-2-3-5-16(15)21-14)22-9-6-19(7-10-22)13-18(23)20-8-11-24-19/h2-5,12H,6-11,13H2,1H3,(H,20,23). The molecule has 0 bridgehead atoms. The lowest BCUT2D eigenvalue weighted by Gasteiger charge is -2.41. The highest BCUT2D eigenvalue weighted by Crippen LogP contribution is 2.35. The van der Waals surface area contributed by atoms with E-state index in [9.17, 15) is 4.79 Å². The number of hydrogen-bond acceptors (Lipinski definition) is 4. The van der Waals surface area contributed by atoms with Crippen molar-refractivity contribution in [2.24, 2.45) is 0 Å². The molecule has 2 aromatic rings. The number of anilines is 1. The molecule has 0 radical (unpaired) electrons. The van der Waals surface area contributed by atoms with Gasteiger partial charge in [0, 0.05) is 36.4 Å². The van der Waals surface area contributed by atoms with Crippen LogP contribution in [0.1, 0.15) is 25.0 Å². The SMILES string of the molecule is Cc1cc(N2CCC3(CC2)CC(=O)NCCO3)c2ccccc2n1. The van der Waals surface area contributed by atoms with Crippen LogP contribution in [0.4, 0.5) is 5.69 Å². The highest BCUT2D eigenvalue weighted by molar-refractivity contribution is 5.92. The van der Waals surface area contributed by atoms with Crippen molar-refractivity contribution >= 4 is 22.5 Å². The first-order valence-electron chi connectivity index (χ1n) is 8.67. The maximum absolute atomic E-state index is 11.9. The van der Waals surface area contributed by atoms with Crippen molar-refractivity contribution in [3.8, 4) is 0 Å². The molecule has 0 unspecified atom stereocenters. The van der Waals surface area contributed by atoms with E-state index in [1.807, 2.05) is 13.0 Å². The molecule has 0 atom stereocenters. The molecule has 1 spiro atoms. The Balaban J connectivity index is 1.59. The molecule has 1 aromatic heterocycles. The van der Waals surface area contributed by atoms with Crippen LogP contribution in [0.25, 0.3) is 10.9 Å². The minimum Gasteiger partial charge on any atom is -0.372 e. The highest BCUT2D eigenvalue weighted by Gasteiger charge is 2.39. The van der Waals surface area contributed by atoms with Crippen LogP contribution in [0.15, 0.2) is 30.3 Å². The Hall–Kier alpha value is -2.14. The van der Waals surface area contributed by atoms with Gasteiger partial charge in [-0.1, -0.05) is 18.2 Å². The summed E-state index contributed by atoms with van der Waals surface area (Å²) < 4.78 is 6.07. The lowest BCUT2D eigenvalue weighted by Crippen LogP contribution is -2.47. The van der Waals surface area contributed by atoms with E-state index in [1.54, 1.807) is 0 Å². The van der Waals surface area contributed by atoms with E-state index in [2.05, 4.69) is 39.5 Å². The number of carbonyl (C=O) groups is 1. The molecule has 5 heteroatoms. The summed E-state index contributed by atoms with van der Waals surface area (Å²) in [5.74, 6) is 0.117. The fraction of sp³-hybridized carbons (Fsp3) is 0.474. The van der Waals surface area contributed by atoms with Crippen LogP contribution in [0.2, 0.25) is 0 Å². The molecule has 2 aliphatic heterocycles. The third-order valence-corrected chi connectivity index (χ3v) is 5.15. The topological polar surface area (TPSA) is 54.5 Å². The number of para-hydroxylation sites is 1. The molecule has 1 amide bonds. The molecule has 126 valence electrons. The molecule has 5 nitrogen and oxygen atoms in total. The smallest absolute Gasteiger partial charge is 0.222 e. The summed E-state index contributed by atoms with van der Waals surface area (Å²) in [6.07, 6.45) is 2.25. The van der Waals surface area contributed by atoms with Crippen molar-refractivity contribution in [3.05, 3.63) is 36.0 Å². The molecule has 4 rings (SSSR count). The van der Waals surface area contributed by atoms with Crippen LogP contribution in [-0.4, -0.2) is 42.7 Å². The van der Waals surface area contributed by atoms with E-state index in [0.717, 1.165) is 37.1 Å². The molecule has 0 aliphatic carbocycles. The number of benzene rings is 1. The van der Waals surface area contributed by atoms with Crippen LogP contribution in [0.3, 0.4) is 0 Å². The van der Waals surface area contributed by atoms with Crippen molar-refractivity contribution < 1.29 is 9.53 Å². The minimum absolute atomic E-state index is 0.117. The maximum atomic E-state index is 11.9. The number of amides is 1. The lowest BCUT2D eigenvalue weighted by molar-refractivity contribution is -0.126. The number of rotatable bonds is 1. The van der Waals surface area contributed by atoms with Gasteiger partial charge in [0.15, 0.2) is 0 Å². The van der Waals surface area contributed by atoms with Gasteiger partial charge in [-0.2, -0.15) is 0 Å². The van der Waals surface area contributed by atoms with Gasteiger partial charge in [-0.05, 0) is 31.9 Å². The first-order valence-corrected chi connectivity index (χ1v) is 8.67. The Bertz CT molecular complexity index is 766. The van der Waals surface area contributed by atoms with E-state index in [0.29, 0.717) is 19.6 Å². The van der Waals surface area contributed by atoms with Crippen LogP contribution in [0, 0.1) is 6.92 Å². The lowest BCUT2D eigenvalue weighted by atomic mass is 9.87. The number of aromatic nitrogens is 1. The summed E-state index contributed by atoms with van der Waals surface area (Å²) in [4.78, 5) is 19.0. The van der Waals surface area contributed by atoms with Crippen LogP contribution >= 0.6 is 0 Å². The summed E-state index contributed by atoms with van der Waals surface area (Å²) in [5.41, 5.74) is 3.03. The first-order chi connectivity index (χ1) is 11.7. The van der Waals surface area contributed by atoms with Crippen molar-refractivity contribution in [1.29, 1.82) is 0 Å². The minimum atomic E-state index is -0.283. The van der Waals surface area contributed by atoms with E-state index in [-0.39, 0.29) is 11.5 Å². The number of nitrogens with zero attached hydrogens (tertiary/aromatic N) is 2. The second-order valence-electron chi connectivity index (χ2n) is 6.85. The molecular weight excluding hydrogens is 302 g/mol. The number of hydrogen-bond donors (Lipinski definition) is 1. The molecular formula is C19H23N3O2. The monoisotopic (exact) mass is 325 g/mol. The van der Waals surface area contributed by atoms with Crippen molar-refractivity contribution in [2.75, 3.05) is 31.1 Å². The molecule has 1 N–H and O–H groups in total. The number of aryl methyl sites for hydroxylation is 1. The van der Waals surface area contributed by atoms with E-state index in [1.165, 1.54) is 11.1 Å². The predicted octanol–water partition coefficient (Wildman–Crippen LogP) is 2.42. The van der Waals surface area contributed by atoms with Crippen molar-refractivity contribution in [2.45, 2.75) is 31.8 Å². The molecule has 24 heavy (non-hydrogen) atoms. The normalized spacial score (nSPS) is 20.9. The third kappa shape index (κ3) is 2.84. The zero-order valence-corrected chi connectivity index (χ0v) is 14.0. The quantitative estimate of drug-likeness (QED) is 0.875. The summed E-state index contributed by atoms with van der Waals surface area (Å²) >= 11 is 0. The van der Waals surface area contributed by atoms with Gasteiger partial charge in [-0.3, -0.25) is 9.78 Å². The average molecular weight is 325 g/mol. The summed E-state index contributed by atoms with van der Waals surface area (Å²) in [5, 5.41) is 4.10. The van der Waals surface area contributed by atoms with Gasteiger partial charge in [0.05, 0.1) is 24.1 Å². The molecule has 2 aliphatic rings. The van der Waals surface area contributed by atoms with Gasteiger partial charge in [-0.15, -0.1) is 0 Å². The van der Waals surface area contributed by atoms with E-state index in [4.69, 9.17) is 4.74 Å². The largest absolute Gasteiger partial charge is 0.372 e. The van der Waals surface area contributed by atoms with Gasteiger partial charge >= 0.3 is 0 Å². The number of ether oxygens (including phenoxy) is 1. The highest BCUT2D eigenvalue weighted by atomic mass is 16.5.